The van der Waals surface area contributed by atoms with Crippen molar-refractivity contribution in [3.8, 4) is 0 Å². The van der Waals surface area contributed by atoms with Gasteiger partial charge in [-0.25, -0.2) is 4.98 Å². The van der Waals surface area contributed by atoms with E-state index in [0.29, 0.717) is 0 Å². The molecule has 1 atom stereocenters. The Bertz CT molecular complexity index is 490. The molecule has 0 aliphatic heterocycles. The van der Waals surface area contributed by atoms with Crippen molar-refractivity contribution in [1.82, 2.24) is 14.5 Å². The van der Waals surface area contributed by atoms with Crippen LogP contribution in [0.5, 0.6) is 0 Å². The molecule has 0 aromatic carbocycles. The second kappa shape index (κ2) is 6.44. The van der Waals surface area contributed by atoms with E-state index in [1.54, 1.807) is 6.92 Å². The number of carbonyl (C=O) groups excluding carboxylic acids is 1. The zero-order valence-corrected chi connectivity index (χ0v) is 11.8. The molecule has 0 saturated heterocycles. The average Bonchev–Trinajstić information content (AvgIpc) is 2.80. The second-order valence-electron chi connectivity index (χ2n) is 4.59. The standard InChI is InChI=1S/C12H18F3N3O3/c1-3-18(6-7-19)9(20)8-11(21,12(13,14)15)10-16-4-5-17(10)2/h4-5,19,21H,3,6-8H2,1-2H3. The highest BCUT2D eigenvalue weighted by Crippen LogP contribution is 2.41. The number of aliphatic hydroxyl groups excluding tert-OH is 1. The Morgan fingerprint density at radius 3 is 2.48 bits per heavy atom. The molecular weight excluding hydrogens is 291 g/mol. The first-order chi connectivity index (χ1) is 9.67. The van der Waals surface area contributed by atoms with Crippen LogP contribution in [0.3, 0.4) is 0 Å². The molecule has 1 rings (SSSR count). The van der Waals surface area contributed by atoms with Crippen LogP contribution >= 0.6 is 0 Å². The number of aliphatic hydroxyl groups is 2. The summed E-state index contributed by atoms with van der Waals surface area (Å²) < 4.78 is 40.7. The minimum absolute atomic E-state index is 0.0934. The fourth-order valence-electron chi connectivity index (χ4n) is 1.98. The number of aromatic nitrogens is 2. The summed E-state index contributed by atoms with van der Waals surface area (Å²) >= 11 is 0. The first-order valence-electron chi connectivity index (χ1n) is 6.33. The number of imidazole rings is 1. The molecule has 1 amide bonds. The molecule has 0 saturated carbocycles. The summed E-state index contributed by atoms with van der Waals surface area (Å²) in [6.07, 6.45) is -3.88. The van der Waals surface area contributed by atoms with E-state index in [4.69, 9.17) is 5.11 Å². The van der Waals surface area contributed by atoms with Gasteiger partial charge in [-0.05, 0) is 6.92 Å². The van der Waals surface area contributed by atoms with Crippen LogP contribution in [0.4, 0.5) is 13.2 Å². The molecule has 1 aromatic rings. The molecule has 0 bridgehead atoms. The molecule has 1 aromatic heterocycles. The predicted octanol–water partition coefficient (Wildman–Crippen LogP) is 0.401. The Hall–Kier alpha value is -1.61. The molecule has 1 unspecified atom stereocenters. The normalized spacial score (nSPS) is 14.8. The monoisotopic (exact) mass is 309 g/mol. The first-order valence-corrected chi connectivity index (χ1v) is 6.33. The molecule has 21 heavy (non-hydrogen) atoms. The van der Waals surface area contributed by atoms with Gasteiger partial charge < -0.3 is 19.7 Å². The van der Waals surface area contributed by atoms with Gasteiger partial charge in [-0.1, -0.05) is 0 Å². The lowest BCUT2D eigenvalue weighted by molar-refractivity contribution is -0.272. The van der Waals surface area contributed by atoms with Gasteiger partial charge in [-0.2, -0.15) is 13.2 Å². The molecule has 9 heteroatoms. The van der Waals surface area contributed by atoms with Gasteiger partial charge in [-0.3, -0.25) is 4.79 Å². The van der Waals surface area contributed by atoms with Crippen molar-refractivity contribution in [2.75, 3.05) is 19.7 Å². The van der Waals surface area contributed by atoms with Crippen molar-refractivity contribution < 1.29 is 28.2 Å². The third kappa shape index (κ3) is 3.53. The number of aryl methyl sites for hydroxylation is 1. The van der Waals surface area contributed by atoms with Gasteiger partial charge >= 0.3 is 6.18 Å². The lowest BCUT2D eigenvalue weighted by Gasteiger charge is -2.31. The van der Waals surface area contributed by atoms with Gasteiger partial charge in [0.25, 0.3) is 0 Å². The summed E-state index contributed by atoms with van der Waals surface area (Å²) in [4.78, 5) is 16.5. The van der Waals surface area contributed by atoms with Crippen molar-refractivity contribution in [2.24, 2.45) is 7.05 Å². The van der Waals surface area contributed by atoms with Crippen LogP contribution in [0.1, 0.15) is 19.2 Å². The molecule has 1 heterocycles. The van der Waals surface area contributed by atoms with Gasteiger partial charge in [-0.15, -0.1) is 0 Å². The van der Waals surface area contributed by atoms with Gasteiger partial charge in [0.1, 0.15) is 0 Å². The number of alkyl halides is 3. The first kappa shape index (κ1) is 17.4. The molecule has 120 valence electrons. The van der Waals surface area contributed by atoms with Gasteiger partial charge in [0.15, 0.2) is 5.82 Å². The van der Waals surface area contributed by atoms with Crippen molar-refractivity contribution in [1.29, 1.82) is 0 Å². The summed E-state index contributed by atoms with van der Waals surface area (Å²) in [7, 11) is 1.30. The zero-order chi connectivity index (χ0) is 16.3. The summed E-state index contributed by atoms with van der Waals surface area (Å²) in [6.45, 7) is 1.24. The highest BCUT2D eigenvalue weighted by atomic mass is 19.4. The van der Waals surface area contributed by atoms with Crippen LogP contribution in [-0.2, 0) is 17.4 Å². The van der Waals surface area contributed by atoms with Gasteiger partial charge in [0.05, 0.1) is 13.0 Å². The van der Waals surface area contributed by atoms with Crippen molar-refractivity contribution in [2.45, 2.75) is 25.1 Å². The van der Waals surface area contributed by atoms with Crippen molar-refractivity contribution >= 4 is 5.91 Å². The summed E-state index contributed by atoms with van der Waals surface area (Å²) in [5.74, 6) is -1.56. The maximum atomic E-state index is 13.2. The summed E-state index contributed by atoms with van der Waals surface area (Å²) in [5.41, 5.74) is -3.37. The van der Waals surface area contributed by atoms with E-state index < -0.39 is 29.9 Å². The summed E-state index contributed by atoms with van der Waals surface area (Å²) in [6, 6.07) is 0. The Morgan fingerprint density at radius 1 is 1.48 bits per heavy atom. The van der Waals surface area contributed by atoms with E-state index in [-0.39, 0.29) is 19.7 Å². The molecule has 0 aliphatic carbocycles. The minimum atomic E-state index is -5.06. The highest BCUT2D eigenvalue weighted by molar-refractivity contribution is 5.77. The average molecular weight is 309 g/mol. The predicted molar refractivity (Wildman–Crippen MR) is 67.1 cm³/mol. The van der Waals surface area contributed by atoms with Crippen LogP contribution in [0.15, 0.2) is 12.4 Å². The van der Waals surface area contributed by atoms with Crippen LogP contribution < -0.4 is 0 Å². The van der Waals surface area contributed by atoms with Gasteiger partial charge in [0, 0.05) is 32.5 Å². The second-order valence-corrected chi connectivity index (χ2v) is 4.59. The van der Waals surface area contributed by atoms with Gasteiger partial charge in [0.2, 0.25) is 11.5 Å². The Balaban J connectivity index is 3.11. The number of likely N-dealkylation sites (N-methyl/N-ethyl adjacent to an activating group) is 1. The number of carbonyl (C=O) groups is 1. The maximum Gasteiger partial charge on any atom is 0.425 e. The lowest BCUT2D eigenvalue weighted by Crippen LogP contribution is -2.49. The number of hydrogen-bond acceptors (Lipinski definition) is 4. The van der Waals surface area contributed by atoms with Crippen LogP contribution in [0.2, 0.25) is 0 Å². The van der Waals surface area contributed by atoms with Crippen LogP contribution in [-0.4, -0.2) is 56.4 Å². The molecular formula is C12H18F3N3O3. The maximum absolute atomic E-state index is 13.2. The van der Waals surface area contributed by atoms with Crippen molar-refractivity contribution in [3.63, 3.8) is 0 Å². The van der Waals surface area contributed by atoms with E-state index in [2.05, 4.69) is 4.98 Å². The molecule has 0 aliphatic rings. The smallest absolute Gasteiger partial charge is 0.395 e. The summed E-state index contributed by atoms with van der Waals surface area (Å²) in [5, 5.41) is 18.9. The number of halogens is 3. The van der Waals surface area contributed by atoms with E-state index >= 15 is 0 Å². The topological polar surface area (TPSA) is 78.6 Å². The molecule has 0 fully saturated rings. The van der Waals surface area contributed by atoms with Crippen LogP contribution in [0.25, 0.3) is 0 Å². The van der Waals surface area contributed by atoms with Crippen LogP contribution in [0, 0.1) is 0 Å². The fourth-order valence-corrected chi connectivity index (χ4v) is 1.98. The number of amides is 1. The van der Waals surface area contributed by atoms with E-state index in [1.807, 2.05) is 0 Å². The SMILES string of the molecule is CCN(CCO)C(=O)CC(O)(c1nccn1C)C(F)(F)F. The van der Waals surface area contributed by atoms with E-state index in [0.717, 1.165) is 15.7 Å². The zero-order valence-electron chi connectivity index (χ0n) is 11.8. The minimum Gasteiger partial charge on any atom is -0.395 e. The number of rotatable bonds is 6. The third-order valence-corrected chi connectivity index (χ3v) is 3.17. The van der Waals surface area contributed by atoms with E-state index in [1.165, 1.54) is 13.2 Å². The Morgan fingerprint density at radius 2 is 2.10 bits per heavy atom. The molecule has 0 radical (unpaired) electrons. The molecule has 2 N–H and O–H groups in total. The number of hydrogen-bond donors (Lipinski definition) is 2. The Labute approximate surface area is 119 Å². The molecule has 6 nitrogen and oxygen atoms in total. The quantitative estimate of drug-likeness (QED) is 0.797. The third-order valence-electron chi connectivity index (χ3n) is 3.17. The Kier molecular flexibility index (Phi) is 5.35. The van der Waals surface area contributed by atoms with Crippen molar-refractivity contribution in [3.05, 3.63) is 18.2 Å². The molecule has 0 spiro atoms. The van der Waals surface area contributed by atoms with E-state index in [9.17, 15) is 23.1 Å². The fraction of sp³-hybridized carbons (Fsp3) is 0.667. The largest absolute Gasteiger partial charge is 0.425 e. The highest BCUT2D eigenvalue weighted by Gasteiger charge is 2.58. The number of nitrogens with zero attached hydrogens (tertiary/aromatic N) is 3. The lowest BCUT2D eigenvalue weighted by atomic mass is 9.96.